The van der Waals surface area contributed by atoms with Gasteiger partial charge in [0.1, 0.15) is 5.75 Å². The van der Waals surface area contributed by atoms with Crippen molar-refractivity contribution in [3.8, 4) is 11.6 Å². The normalized spacial score (nSPS) is 10.4. The van der Waals surface area contributed by atoms with Crippen LogP contribution in [-0.2, 0) is 0 Å². The van der Waals surface area contributed by atoms with E-state index in [2.05, 4.69) is 16.0 Å². The van der Waals surface area contributed by atoms with Gasteiger partial charge < -0.3 is 4.74 Å². The maximum absolute atomic E-state index is 5.78. The molecule has 0 saturated carbocycles. The molecule has 0 bridgehead atoms. The van der Waals surface area contributed by atoms with Gasteiger partial charge in [-0.1, -0.05) is 17.7 Å². The summed E-state index contributed by atoms with van der Waals surface area (Å²) < 4.78 is 5.69. The van der Waals surface area contributed by atoms with Crippen molar-refractivity contribution in [2.24, 2.45) is 0 Å². The van der Waals surface area contributed by atoms with E-state index in [1.54, 1.807) is 6.07 Å². The maximum atomic E-state index is 5.78. The van der Waals surface area contributed by atoms with Crippen LogP contribution in [0.15, 0.2) is 24.3 Å². The van der Waals surface area contributed by atoms with E-state index in [-0.39, 0.29) is 5.28 Å². The van der Waals surface area contributed by atoms with Crippen molar-refractivity contribution in [2.75, 3.05) is 0 Å². The Bertz CT molecular complexity index is 535. The van der Waals surface area contributed by atoms with Gasteiger partial charge in [0.05, 0.1) is 0 Å². The standard InChI is InChI=1S/C13H13ClN2O/c1-8-4-5-11(9(2)6-8)17-12-7-10(3)15-13(14)16-12/h4-7H,1-3H3. The van der Waals surface area contributed by atoms with Gasteiger partial charge in [-0.05, 0) is 44.0 Å². The maximum Gasteiger partial charge on any atom is 0.225 e. The molecule has 0 unspecified atom stereocenters. The minimum absolute atomic E-state index is 0.199. The molecule has 3 nitrogen and oxygen atoms in total. The van der Waals surface area contributed by atoms with E-state index in [0.717, 1.165) is 17.0 Å². The number of aromatic nitrogens is 2. The van der Waals surface area contributed by atoms with Crippen LogP contribution in [0.5, 0.6) is 11.6 Å². The molecule has 0 radical (unpaired) electrons. The van der Waals surface area contributed by atoms with E-state index < -0.39 is 0 Å². The highest BCUT2D eigenvalue weighted by Crippen LogP contribution is 2.25. The largest absolute Gasteiger partial charge is 0.439 e. The summed E-state index contributed by atoms with van der Waals surface area (Å²) >= 11 is 5.78. The molecular weight excluding hydrogens is 236 g/mol. The van der Waals surface area contributed by atoms with Crippen molar-refractivity contribution in [3.63, 3.8) is 0 Å². The summed E-state index contributed by atoms with van der Waals surface area (Å²) in [6.07, 6.45) is 0. The Balaban J connectivity index is 2.31. The van der Waals surface area contributed by atoms with Gasteiger partial charge in [0.25, 0.3) is 0 Å². The first-order chi connectivity index (χ1) is 8.04. The predicted molar refractivity (Wildman–Crippen MR) is 67.8 cm³/mol. The topological polar surface area (TPSA) is 35.0 Å². The second kappa shape index (κ2) is 4.72. The van der Waals surface area contributed by atoms with E-state index in [4.69, 9.17) is 16.3 Å². The number of aryl methyl sites for hydroxylation is 3. The molecule has 2 rings (SSSR count). The Morgan fingerprint density at radius 3 is 2.47 bits per heavy atom. The minimum Gasteiger partial charge on any atom is -0.439 e. The van der Waals surface area contributed by atoms with Crippen LogP contribution < -0.4 is 4.74 Å². The number of ether oxygens (including phenoxy) is 1. The van der Waals surface area contributed by atoms with Gasteiger partial charge in [-0.25, -0.2) is 4.98 Å². The monoisotopic (exact) mass is 248 g/mol. The van der Waals surface area contributed by atoms with Gasteiger partial charge in [0.2, 0.25) is 11.2 Å². The van der Waals surface area contributed by atoms with Crippen molar-refractivity contribution in [1.29, 1.82) is 0 Å². The van der Waals surface area contributed by atoms with E-state index in [0.29, 0.717) is 5.88 Å². The van der Waals surface area contributed by atoms with Crippen LogP contribution >= 0.6 is 11.6 Å². The highest BCUT2D eigenvalue weighted by Gasteiger charge is 2.05. The van der Waals surface area contributed by atoms with Crippen molar-refractivity contribution >= 4 is 11.6 Å². The second-order valence-corrected chi connectivity index (χ2v) is 4.33. The van der Waals surface area contributed by atoms with Crippen LogP contribution in [0.2, 0.25) is 5.28 Å². The van der Waals surface area contributed by atoms with E-state index in [9.17, 15) is 0 Å². The van der Waals surface area contributed by atoms with Crippen LogP contribution in [0.3, 0.4) is 0 Å². The molecule has 1 aromatic heterocycles. The molecule has 0 N–H and O–H groups in total. The predicted octanol–water partition coefficient (Wildman–Crippen LogP) is 3.85. The molecule has 0 spiro atoms. The first kappa shape index (κ1) is 11.9. The Kier molecular flexibility index (Phi) is 3.29. The third-order valence-electron chi connectivity index (χ3n) is 2.35. The van der Waals surface area contributed by atoms with Crippen LogP contribution in [0.25, 0.3) is 0 Å². The molecule has 2 aromatic rings. The quantitative estimate of drug-likeness (QED) is 0.758. The molecule has 0 saturated heterocycles. The molecule has 0 aliphatic carbocycles. The molecule has 4 heteroatoms. The lowest BCUT2D eigenvalue weighted by atomic mass is 10.1. The molecule has 88 valence electrons. The summed E-state index contributed by atoms with van der Waals surface area (Å²) in [5, 5.41) is 0.199. The summed E-state index contributed by atoms with van der Waals surface area (Å²) in [5.41, 5.74) is 3.05. The van der Waals surface area contributed by atoms with E-state index in [1.807, 2.05) is 32.9 Å². The van der Waals surface area contributed by atoms with Gasteiger partial charge in [-0.2, -0.15) is 4.98 Å². The number of rotatable bonds is 2. The molecule has 1 aromatic carbocycles. The van der Waals surface area contributed by atoms with Gasteiger partial charge in [-0.3, -0.25) is 0 Å². The summed E-state index contributed by atoms with van der Waals surface area (Å²) in [5.74, 6) is 1.25. The third-order valence-corrected chi connectivity index (χ3v) is 2.52. The molecule has 17 heavy (non-hydrogen) atoms. The molecule has 0 amide bonds. The first-order valence-corrected chi connectivity index (χ1v) is 5.69. The summed E-state index contributed by atoms with van der Waals surface area (Å²) in [6, 6.07) is 7.74. The molecule has 1 heterocycles. The van der Waals surface area contributed by atoms with E-state index in [1.165, 1.54) is 5.56 Å². The third kappa shape index (κ3) is 2.94. The lowest BCUT2D eigenvalue weighted by Gasteiger charge is -2.08. The number of nitrogens with zero attached hydrogens (tertiary/aromatic N) is 2. The summed E-state index contributed by atoms with van der Waals surface area (Å²) in [4.78, 5) is 8.01. The Morgan fingerprint density at radius 1 is 1.06 bits per heavy atom. The molecule has 0 fully saturated rings. The zero-order valence-corrected chi connectivity index (χ0v) is 10.7. The van der Waals surface area contributed by atoms with Crippen molar-refractivity contribution in [1.82, 2.24) is 9.97 Å². The number of benzene rings is 1. The van der Waals surface area contributed by atoms with Gasteiger partial charge in [0.15, 0.2) is 0 Å². The minimum atomic E-state index is 0.199. The van der Waals surface area contributed by atoms with Gasteiger partial charge >= 0.3 is 0 Å². The van der Waals surface area contributed by atoms with Crippen molar-refractivity contribution < 1.29 is 4.74 Å². The highest BCUT2D eigenvalue weighted by molar-refractivity contribution is 6.28. The zero-order chi connectivity index (χ0) is 12.4. The van der Waals surface area contributed by atoms with Crippen molar-refractivity contribution in [3.05, 3.63) is 46.4 Å². The highest BCUT2D eigenvalue weighted by atomic mass is 35.5. The van der Waals surface area contributed by atoms with Crippen LogP contribution in [-0.4, -0.2) is 9.97 Å². The average molecular weight is 249 g/mol. The van der Waals surface area contributed by atoms with Crippen LogP contribution in [0, 0.1) is 20.8 Å². The fourth-order valence-electron chi connectivity index (χ4n) is 1.58. The average Bonchev–Trinajstić information content (AvgIpc) is 2.21. The van der Waals surface area contributed by atoms with Gasteiger partial charge in [-0.15, -0.1) is 0 Å². The number of hydrogen-bond donors (Lipinski definition) is 0. The Labute approximate surface area is 105 Å². The first-order valence-electron chi connectivity index (χ1n) is 5.31. The smallest absolute Gasteiger partial charge is 0.225 e. The fraction of sp³-hybridized carbons (Fsp3) is 0.231. The lowest BCUT2D eigenvalue weighted by molar-refractivity contribution is 0.457. The second-order valence-electron chi connectivity index (χ2n) is 3.99. The SMILES string of the molecule is Cc1ccc(Oc2cc(C)nc(Cl)n2)c(C)c1. The number of halogens is 1. The zero-order valence-electron chi connectivity index (χ0n) is 9.99. The van der Waals surface area contributed by atoms with Crippen LogP contribution in [0.4, 0.5) is 0 Å². The molecule has 0 aliphatic rings. The fourth-order valence-corrected chi connectivity index (χ4v) is 1.80. The molecular formula is C13H13ClN2O. The summed E-state index contributed by atoms with van der Waals surface area (Å²) in [6.45, 7) is 5.89. The van der Waals surface area contributed by atoms with E-state index >= 15 is 0 Å². The Hall–Kier alpha value is -1.61. The van der Waals surface area contributed by atoms with Crippen molar-refractivity contribution in [2.45, 2.75) is 20.8 Å². The Morgan fingerprint density at radius 2 is 1.82 bits per heavy atom. The molecule has 0 aliphatic heterocycles. The summed E-state index contributed by atoms with van der Waals surface area (Å²) in [7, 11) is 0. The number of hydrogen-bond acceptors (Lipinski definition) is 3. The lowest BCUT2D eigenvalue weighted by Crippen LogP contribution is -1.94. The van der Waals surface area contributed by atoms with Gasteiger partial charge in [0, 0.05) is 11.8 Å². The van der Waals surface area contributed by atoms with Crippen LogP contribution in [0.1, 0.15) is 16.8 Å². The molecule has 0 atom stereocenters.